The average Bonchev–Trinajstić information content (AvgIpc) is 2.76. The maximum Gasteiger partial charge on any atom is 0.184 e. The summed E-state index contributed by atoms with van der Waals surface area (Å²) in [6.45, 7) is 2.06. The van der Waals surface area contributed by atoms with E-state index >= 15 is 0 Å². The summed E-state index contributed by atoms with van der Waals surface area (Å²) in [5.74, 6) is 0.804. The van der Waals surface area contributed by atoms with Crippen LogP contribution in [-0.4, -0.2) is 20.2 Å². The third-order valence-corrected chi connectivity index (χ3v) is 4.11. The Hall–Kier alpha value is -1.91. The number of nitrogen functional groups attached to an aromatic ring is 1. The Bertz CT molecular complexity index is 582. The van der Waals surface area contributed by atoms with Crippen molar-refractivity contribution in [1.29, 1.82) is 0 Å². The van der Waals surface area contributed by atoms with Crippen LogP contribution in [-0.2, 0) is 0 Å². The van der Waals surface area contributed by atoms with Crippen LogP contribution < -0.4 is 5.73 Å². The fourth-order valence-electron chi connectivity index (χ4n) is 2.98. The SMILES string of the molecule is Cc1ccc(N)c(-c2nnnn2C2CCCCCC2)c1. The minimum absolute atomic E-state index is 0.405. The number of benzene rings is 1. The fraction of sp³-hybridized carbons (Fsp3) is 0.533. The zero-order valence-corrected chi connectivity index (χ0v) is 11.9. The molecule has 2 N–H and O–H groups in total. The van der Waals surface area contributed by atoms with Gasteiger partial charge in [-0.25, -0.2) is 4.68 Å². The van der Waals surface area contributed by atoms with Crippen LogP contribution in [0.5, 0.6) is 0 Å². The monoisotopic (exact) mass is 271 g/mol. The molecule has 2 aromatic rings. The first-order valence-electron chi connectivity index (χ1n) is 7.40. The summed E-state index contributed by atoms with van der Waals surface area (Å²) in [4.78, 5) is 0. The Morgan fingerprint density at radius 1 is 1.15 bits per heavy atom. The molecule has 1 aliphatic rings. The second-order valence-electron chi connectivity index (χ2n) is 5.68. The highest BCUT2D eigenvalue weighted by atomic mass is 15.5. The Labute approximate surface area is 119 Å². The van der Waals surface area contributed by atoms with Crippen molar-refractivity contribution >= 4 is 5.69 Å². The minimum atomic E-state index is 0.405. The third-order valence-electron chi connectivity index (χ3n) is 4.11. The van der Waals surface area contributed by atoms with Gasteiger partial charge in [0, 0.05) is 11.3 Å². The molecule has 0 atom stereocenters. The van der Waals surface area contributed by atoms with Crippen LogP contribution in [0.25, 0.3) is 11.4 Å². The van der Waals surface area contributed by atoms with Crippen molar-refractivity contribution in [2.75, 3.05) is 5.73 Å². The van der Waals surface area contributed by atoms with E-state index in [2.05, 4.69) is 28.5 Å². The number of aromatic nitrogens is 4. The first-order valence-corrected chi connectivity index (χ1v) is 7.40. The van der Waals surface area contributed by atoms with Crippen LogP contribution in [0.1, 0.15) is 50.1 Å². The molecular formula is C15H21N5. The van der Waals surface area contributed by atoms with Crippen LogP contribution in [0.2, 0.25) is 0 Å². The molecule has 0 saturated heterocycles. The maximum absolute atomic E-state index is 6.10. The van der Waals surface area contributed by atoms with E-state index in [0.717, 1.165) is 29.9 Å². The Morgan fingerprint density at radius 3 is 2.65 bits per heavy atom. The Kier molecular flexibility index (Phi) is 3.67. The molecule has 5 nitrogen and oxygen atoms in total. The van der Waals surface area contributed by atoms with Gasteiger partial charge in [0.15, 0.2) is 5.82 Å². The molecule has 0 aliphatic heterocycles. The predicted molar refractivity (Wildman–Crippen MR) is 79.1 cm³/mol. The first kappa shape index (κ1) is 13.1. The summed E-state index contributed by atoms with van der Waals surface area (Å²) in [5.41, 5.74) is 8.95. The van der Waals surface area contributed by atoms with Crippen LogP contribution in [0, 0.1) is 6.92 Å². The van der Waals surface area contributed by atoms with Crippen molar-refractivity contribution in [1.82, 2.24) is 20.2 Å². The summed E-state index contributed by atoms with van der Waals surface area (Å²) in [5, 5.41) is 12.3. The van der Waals surface area contributed by atoms with Crippen LogP contribution in [0.3, 0.4) is 0 Å². The first-order chi connectivity index (χ1) is 9.75. The summed E-state index contributed by atoms with van der Waals surface area (Å²) < 4.78 is 1.98. The van der Waals surface area contributed by atoms with Gasteiger partial charge in [-0.2, -0.15) is 0 Å². The molecule has 1 heterocycles. The molecule has 1 saturated carbocycles. The topological polar surface area (TPSA) is 69.6 Å². The molecule has 1 aliphatic carbocycles. The standard InChI is InChI=1S/C15H21N5/c1-11-8-9-14(16)13(10-11)15-17-18-19-20(15)12-6-4-2-3-5-7-12/h8-10,12H,2-7,16H2,1H3. The summed E-state index contributed by atoms with van der Waals surface area (Å²) in [6, 6.07) is 6.41. The van der Waals surface area contributed by atoms with E-state index in [0.29, 0.717) is 6.04 Å². The van der Waals surface area contributed by atoms with Gasteiger partial charge in [0.05, 0.1) is 6.04 Å². The number of nitrogens with two attached hydrogens (primary N) is 1. The zero-order valence-electron chi connectivity index (χ0n) is 11.9. The molecular weight excluding hydrogens is 250 g/mol. The van der Waals surface area contributed by atoms with Crippen LogP contribution >= 0.6 is 0 Å². The second-order valence-corrected chi connectivity index (χ2v) is 5.68. The van der Waals surface area contributed by atoms with E-state index in [9.17, 15) is 0 Å². The van der Waals surface area contributed by atoms with Crippen molar-refractivity contribution in [3.63, 3.8) is 0 Å². The molecule has 20 heavy (non-hydrogen) atoms. The quantitative estimate of drug-likeness (QED) is 0.673. The van der Waals surface area contributed by atoms with E-state index in [4.69, 9.17) is 5.73 Å². The number of hydrogen-bond acceptors (Lipinski definition) is 4. The molecule has 0 spiro atoms. The molecule has 0 unspecified atom stereocenters. The van der Waals surface area contributed by atoms with E-state index < -0.39 is 0 Å². The minimum Gasteiger partial charge on any atom is -0.398 e. The average molecular weight is 271 g/mol. The molecule has 0 radical (unpaired) electrons. The van der Waals surface area contributed by atoms with Crippen molar-refractivity contribution in [2.45, 2.75) is 51.5 Å². The van der Waals surface area contributed by atoms with Gasteiger partial charge >= 0.3 is 0 Å². The van der Waals surface area contributed by atoms with Crippen LogP contribution in [0.15, 0.2) is 18.2 Å². The number of anilines is 1. The number of hydrogen-bond donors (Lipinski definition) is 1. The fourth-order valence-corrected chi connectivity index (χ4v) is 2.98. The molecule has 1 aromatic carbocycles. The van der Waals surface area contributed by atoms with Crippen molar-refractivity contribution in [2.24, 2.45) is 0 Å². The van der Waals surface area contributed by atoms with E-state index in [-0.39, 0.29) is 0 Å². The maximum atomic E-state index is 6.10. The third kappa shape index (κ3) is 2.53. The van der Waals surface area contributed by atoms with E-state index in [1.807, 2.05) is 16.8 Å². The van der Waals surface area contributed by atoms with Gasteiger partial charge < -0.3 is 5.73 Å². The lowest BCUT2D eigenvalue weighted by molar-refractivity contribution is 0.400. The van der Waals surface area contributed by atoms with Gasteiger partial charge in [-0.3, -0.25) is 0 Å². The van der Waals surface area contributed by atoms with Gasteiger partial charge in [0.2, 0.25) is 0 Å². The molecule has 106 valence electrons. The van der Waals surface area contributed by atoms with Gasteiger partial charge in [0.1, 0.15) is 0 Å². The Balaban J connectivity index is 1.98. The number of aryl methyl sites for hydroxylation is 1. The smallest absolute Gasteiger partial charge is 0.184 e. The van der Waals surface area contributed by atoms with Crippen molar-refractivity contribution < 1.29 is 0 Å². The highest BCUT2D eigenvalue weighted by molar-refractivity contribution is 5.72. The molecule has 1 aromatic heterocycles. The normalized spacial score (nSPS) is 17.1. The Morgan fingerprint density at radius 2 is 1.90 bits per heavy atom. The van der Waals surface area contributed by atoms with Gasteiger partial charge in [0.25, 0.3) is 0 Å². The zero-order chi connectivity index (χ0) is 13.9. The van der Waals surface area contributed by atoms with E-state index in [1.165, 1.54) is 31.2 Å². The molecule has 5 heteroatoms. The van der Waals surface area contributed by atoms with Crippen molar-refractivity contribution in [3.05, 3.63) is 23.8 Å². The largest absolute Gasteiger partial charge is 0.398 e. The van der Waals surface area contributed by atoms with Crippen LogP contribution in [0.4, 0.5) is 5.69 Å². The number of nitrogens with zero attached hydrogens (tertiary/aromatic N) is 4. The van der Waals surface area contributed by atoms with Crippen molar-refractivity contribution in [3.8, 4) is 11.4 Å². The highest BCUT2D eigenvalue weighted by Crippen LogP contribution is 2.31. The summed E-state index contributed by atoms with van der Waals surface area (Å²) in [6.07, 6.45) is 7.47. The van der Waals surface area contributed by atoms with Gasteiger partial charge in [-0.15, -0.1) is 5.10 Å². The second kappa shape index (κ2) is 5.61. The van der Waals surface area contributed by atoms with E-state index in [1.54, 1.807) is 0 Å². The number of tetrazole rings is 1. The lowest BCUT2D eigenvalue weighted by Gasteiger charge is -2.16. The lowest BCUT2D eigenvalue weighted by Crippen LogP contribution is -2.12. The molecule has 3 rings (SSSR count). The highest BCUT2D eigenvalue weighted by Gasteiger charge is 2.21. The molecule has 0 bridgehead atoms. The summed E-state index contributed by atoms with van der Waals surface area (Å²) in [7, 11) is 0. The van der Waals surface area contributed by atoms with Gasteiger partial charge in [-0.1, -0.05) is 37.3 Å². The van der Waals surface area contributed by atoms with Gasteiger partial charge in [-0.05, 0) is 42.3 Å². The predicted octanol–water partition coefficient (Wildman–Crippen LogP) is 3.13. The summed E-state index contributed by atoms with van der Waals surface area (Å²) >= 11 is 0. The number of rotatable bonds is 2. The molecule has 0 amide bonds. The lowest BCUT2D eigenvalue weighted by atomic mass is 10.1. The molecule has 1 fully saturated rings.